The summed E-state index contributed by atoms with van der Waals surface area (Å²) >= 11 is 0. The molecule has 0 atom stereocenters. The number of hydrogen-bond donors (Lipinski definition) is 0. The Kier molecular flexibility index (Phi) is 8.19. The highest BCUT2D eigenvalue weighted by molar-refractivity contribution is 5.61. The quantitative estimate of drug-likeness (QED) is 0.453. The van der Waals surface area contributed by atoms with E-state index in [2.05, 4.69) is 52.8 Å². The highest BCUT2D eigenvalue weighted by Crippen LogP contribution is 2.25. The van der Waals surface area contributed by atoms with Gasteiger partial charge in [0, 0.05) is 63.5 Å². The molecule has 1 aliphatic heterocycles. The number of anilines is 1. The maximum atomic E-state index is 13.6. The number of hydrogen-bond acceptors (Lipinski definition) is 5. The molecule has 0 spiro atoms. The highest BCUT2D eigenvalue weighted by Gasteiger charge is 2.22. The van der Waals surface area contributed by atoms with E-state index in [0.29, 0.717) is 18.7 Å². The minimum Gasteiger partial charge on any atom is -0.412 e. The van der Waals surface area contributed by atoms with E-state index in [1.165, 1.54) is 17.8 Å². The Labute approximate surface area is 201 Å². The van der Waals surface area contributed by atoms with E-state index in [-0.39, 0.29) is 11.6 Å². The zero-order valence-electron chi connectivity index (χ0n) is 20.3. The van der Waals surface area contributed by atoms with E-state index < -0.39 is 0 Å². The van der Waals surface area contributed by atoms with Crippen molar-refractivity contribution in [1.82, 2.24) is 14.4 Å². The van der Waals surface area contributed by atoms with E-state index in [9.17, 15) is 9.18 Å². The van der Waals surface area contributed by atoms with Gasteiger partial charge in [-0.25, -0.2) is 9.18 Å². The van der Waals surface area contributed by atoms with Crippen molar-refractivity contribution in [3.05, 3.63) is 76.7 Å². The summed E-state index contributed by atoms with van der Waals surface area (Å²) in [6.07, 6.45) is 0.644. The fraction of sp³-hybridized carbons (Fsp3) is 0.444. The maximum Gasteiger partial charge on any atom is 0.419 e. The van der Waals surface area contributed by atoms with Crippen LogP contribution in [-0.2, 0) is 13.0 Å². The lowest BCUT2D eigenvalue weighted by Crippen LogP contribution is -2.47. The average Bonchev–Trinajstić information content (AvgIpc) is 3.19. The van der Waals surface area contributed by atoms with Gasteiger partial charge in [0.05, 0.1) is 5.69 Å². The monoisotopic (exact) mass is 466 g/mol. The summed E-state index contributed by atoms with van der Waals surface area (Å²) in [5.74, 6) is 0.0548. The standard InChI is InChI=1S/C27H35FN4O2/c1-3-29(4-2)18-21-32-26(22-10-12-23(28)13-11-22)25(34-27(32)33)14-15-30-16-19-31(20-17-30)24-8-6-5-7-9-24/h5-13H,3-4,14-21H2,1-2H3. The molecule has 1 fully saturated rings. The van der Waals surface area contributed by atoms with Crippen molar-refractivity contribution in [3.8, 4) is 11.3 Å². The lowest BCUT2D eigenvalue weighted by molar-refractivity contribution is 0.254. The lowest BCUT2D eigenvalue weighted by atomic mass is 10.1. The van der Waals surface area contributed by atoms with Crippen LogP contribution in [-0.4, -0.2) is 66.7 Å². The molecule has 1 saturated heterocycles. The van der Waals surface area contributed by atoms with Gasteiger partial charge >= 0.3 is 5.76 Å². The van der Waals surface area contributed by atoms with Crippen LogP contribution in [0, 0.1) is 5.82 Å². The van der Waals surface area contributed by atoms with E-state index >= 15 is 0 Å². The smallest absolute Gasteiger partial charge is 0.412 e. The summed E-state index contributed by atoms with van der Waals surface area (Å²) in [6.45, 7) is 12.1. The molecule has 3 aromatic rings. The number of aromatic nitrogens is 1. The molecule has 0 unspecified atom stereocenters. The third-order valence-corrected chi connectivity index (χ3v) is 6.77. The molecule has 1 aromatic heterocycles. The Hall–Kier alpha value is -2.90. The van der Waals surface area contributed by atoms with Crippen LogP contribution in [0.1, 0.15) is 19.6 Å². The second-order valence-corrected chi connectivity index (χ2v) is 8.74. The van der Waals surface area contributed by atoms with Gasteiger partial charge in [0.1, 0.15) is 11.6 Å². The van der Waals surface area contributed by atoms with Crippen LogP contribution in [0.5, 0.6) is 0 Å². The Bertz CT molecular complexity index is 1080. The molecule has 0 amide bonds. The van der Waals surface area contributed by atoms with Crippen LogP contribution in [0.2, 0.25) is 0 Å². The summed E-state index contributed by atoms with van der Waals surface area (Å²) in [6, 6.07) is 16.8. The zero-order chi connectivity index (χ0) is 23.9. The second kappa shape index (κ2) is 11.5. The highest BCUT2D eigenvalue weighted by atomic mass is 19.1. The Morgan fingerprint density at radius 3 is 2.24 bits per heavy atom. The van der Waals surface area contributed by atoms with Crippen LogP contribution in [0.4, 0.5) is 10.1 Å². The third kappa shape index (κ3) is 5.77. The number of oxazole rings is 1. The van der Waals surface area contributed by atoms with Gasteiger partial charge < -0.3 is 14.2 Å². The van der Waals surface area contributed by atoms with Crippen molar-refractivity contribution in [3.63, 3.8) is 0 Å². The summed E-state index contributed by atoms with van der Waals surface area (Å²) < 4.78 is 21.1. The van der Waals surface area contributed by atoms with Crippen molar-refractivity contribution >= 4 is 5.69 Å². The van der Waals surface area contributed by atoms with Crippen molar-refractivity contribution in [1.29, 1.82) is 0 Å². The van der Waals surface area contributed by atoms with Gasteiger partial charge in [-0.3, -0.25) is 9.47 Å². The van der Waals surface area contributed by atoms with E-state index in [1.54, 1.807) is 16.7 Å². The van der Waals surface area contributed by atoms with Crippen LogP contribution >= 0.6 is 0 Å². The van der Waals surface area contributed by atoms with Gasteiger partial charge in [0.2, 0.25) is 0 Å². The van der Waals surface area contributed by atoms with Gasteiger partial charge in [0.15, 0.2) is 0 Å². The Balaban J connectivity index is 1.47. The van der Waals surface area contributed by atoms with Gasteiger partial charge in [-0.2, -0.15) is 0 Å². The summed E-state index contributed by atoms with van der Waals surface area (Å²) in [4.78, 5) is 19.9. The Morgan fingerprint density at radius 2 is 1.59 bits per heavy atom. The first-order valence-corrected chi connectivity index (χ1v) is 12.3. The van der Waals surface area contributed by atoms with Crippen LogP contribution in [0.3, 0.4) is 0 Å². The summed E-state index contributed by atoms with van der Waals surface area (Å²) in [5.41, 5.74) is 2.85. The molecule has 0 radical (unpaired) electrons. The largest absolute Gasteiger partial charge is 0.419 e. The molecular formula is C27H35FN4O2. The molecule has 2 heterocycles. The zero-order valence-corrected chi connectivity index (χ0v) is 20.3. The van der Waals surface area contributed by atoms with Crippen molar-refractivity contribution in [2.45, 2.75) is 26.8 Å². The van der Waals surface area contributed by atoms with Gasteiger partial charge in [-0.15, -0.1) is 0 Å². The third-order valence-electron chi connectivity index (χ3n) is 6.77. The first kappa shape index (κ1) is 24.2. The van der Waals surface area contributed by atoms with Crippen LogP contribution in [0.25, 0.3) is 11.3 Å². The number of para-hydroxylation sites is 1. The number of nitrogens with zero attached hydrogens (tertiary/aromatic N) is 4. The first-order chi connectivity index (χ1) is 16.6. The van der Waals surface area contributed by atoms with Crippen molar-refractivity contribution in [2.24, 2.45) is 0 Å². The lowest BCUT2D eigenvalue weighted by Gasteiger charge is -2.36. The summed E-state index contributed by atoms with van der Waals surface area (Å²) in [7, 11) is 0. The molecule has 0 saturated carbocycles. The Morgan fingerprint density at radius 1 is 0.912 bits per heavy atom. The van der Waals surface area contributed by atoms with E-state index in [0.717, 1.165) is 63.6 Å². The summed E-state index contributed by atoms with van der Waals surface area (Å²) in [5, 5.41) is 0. The molecule has 2 aromatic carbocycles. The SMILES string of the molecule is CCN(CC)CCn1c(-c2ccc(F)cc2)c(CCN2CCN(c3ccccc3)CC2)oc1=O. The number of likely N-dealkylation sites (N-methyl/N-ethyl adjacent to an activating group) is 1. The molecule has 4 rings (SSSR count). The molecular weight excluding hydrogens is 431 g/mol. The fourth-order valence-electron chi connectivity index (χ4n) is 4.66. The predicted molar refractivity (Wildman–Crippen MR) is 135 cm³/mol. The minimum absolute atomic E-state index is 0.290. The van der Waals surface area contributed by atoms with Gasteiger partial charge in [-0.05, 0) is 49.5 Å². The molecule has 182 valence electrons. The van der Waals surface area contributed by atoms with E-state index in [1.807, 2.05) is 6.07 Å². The second-order valence-electron chi connectivity index (χ2n) is 8.74. The number of benzene rings is 2. The minimum atomic E-state index is -0.338. The fourth-order valence-corrected chi connectivity index (χ4v) is 4.66. The molecule has 1 aliphatic rings. The molecule has 34 heavy (non-hydrogen) atoms. The van der Waals surface area contributed by atoms with E-state index in [4.69, 9.17) is 4.42 Å². The number of piperazine rings is 1. The average molecular weight is 467 g/mol. The van der Waals surface area contributed by atoms with Crippen molar-refractivity contribution < 1.29 is 8.81 Å². The molecule has 7 heteroatoms. The van der Waals surface area contributed by atoms with Gasteiger partial charge in [-0.1, -0.05) is 32.0 Å². The van der Waals surface area contributed by atoms with Gasteiger partial charge in [0.25, 0.3) is 0 Å². The van der Waals surface area contributed by atoms with Crippen LogP contribution in [0.15, 0.2) is 63.8 Å². The molecule has 0 aliphatic carbocycles. The molecule has 0 bridgehead atoms. The molecule has 0 N–H and O–H groups in total. The first-order valence-electron chi connectivity index (χ1n) is 12.3. The topological polar surface area (TPSA) is 44.9 Å². The predicted octanol–water partition coefficient (Wildman–Crippen LogP) is 3.95. The maximum absolute atomic E-state index is 13.6. The number of halogens is 1. The van der Waals surface area contributed by atoms with Crippen molar-refractivity contribution in [2.75, 3.05) is 57.3 Å². The van der Waals surface area contributed by atoms with Crippen LogP contribution < -0.4 is 10.7 Å². The molecule has 6 nitrogen and oxygen atoms in total. The normalized spacial score (nSPS) is 14.8. The number of rotatable bonds is 10.